The summed E-state index contributed by atoms with van der Waals surface area (Å²) in [7, 11) is 0. The number of halogens is 4. The highest BCUT2D eigenvalue weighted by Gasteiger charge is 2.41. The summed E-state index contributed by atoms with van der Waals surface area (Å²) in [6.07, 6.45) is -5.99. The highest BCUT2D eigenvalue weighted by Crippen LogP contribution is 2.24. The van der Waals surface area contributed by atoms with E-state index in [-0.39, 0.29) is 18.8 Å². The molecule has 28 heavy (non-hydrogen) atoms. The Morgan fingerprint density at radius 3 is 2.61 bits per heavy atom. The van der Waals surface area contributed by atoms with Crippen LogP contribution in [0.25, 0.3) is 0 Å². The van der Waals surface area contributed by atoms with Crippen LogP contribution in [0.3, 0.4) is 0 Å². The molecular weight excluding hydrogens is 388 g/mol. The number of amides is 2. The first kappa shape index (κ1) is 21.6. The van der Waals surface area contributed by atoms with Crippen LogP contribution in [0.5, 0.6) is 6.01 Å². The van der Waals surface area contributed by atoms with Crippen LogP contribution in [-0.2, 0) is 9.53 Å². The number of carbonyl (C=O) groups is 2. The Balaban J connectivity index is 2.05. The lowest BCUT2D eigenvalue weighted by molar-refractivity contribution is -0.154. The van der Waals surface area contributed by atoms with Gasteiger partial charge in [-0.1, -0.05) is 0 Å². The Labute approximate surface area is 158 Å². The minimum absolute atomic E-state index is 0.149. The Morgan fingerprint density at radius 2 is 2.00 bits per heavy atom. The van der Waals surface area contributed by atoms with E-state index in [9.17, 15) is 27.2 Å². The molecule has 1 aliphatic heterocycles. The van der Waals surface area contributed by atoms with Crippen LogP contribution in [0.15, 0.2) is 12.3 Å². The van der Waals surface area contributed by atoms with Crippen LogP contribution in [0.1, 0.15) is 27.2 Å². The standard InChI is InChI=1S/C16H20F4N4O4/c1-15(2,3)28-14(26)24-7-9(17)6-10(24)12(25)22-11-4-5-21-13(23-11)27-8-16(18,19)20/h4-5,9-10H,6-8H2,1-3H3,(H,21,22,23,25)/t9-,10+/m1/s1. The molecule has 0 bridgehead atoms. The van der Waals surface area contributed by atoms with Gasteiger partial charge in [0.1, 0.15) is 23.6 Å². The lowest BCUT2D eigenvalue weighted by atomic mass is 10.2. The number of hydrogen-bond donors (Lipinski definition) is 1. The fraction of sp³-hybridized carbons (Fsp3) is 0.625. The van der Waals surface area contributed by atoms with Crippen LogP contribution >= 0.6 is 0 Å². The third-order valence-electron chi connectivity index (χ3n) is 3.43. The van der Waals surface area contributed by atoms with Gasteiger partial charge in [0.05, 0.1) is 6.54 Å². The first-order chi connectivity index (χ1) is 12.8. The third kappa shape index (κ3) is 6.50. The molecule has 1 N–H and O–H groups in total. The second-order valence-corrected chi connectivity index (χ2v) is 7.10. The minimum atomic E-state index is -4.57. The summed E-state index contributed by atoms with van der Waals surface area (Å²) in [6, 6.07) is -0.522. The van der Waals surface area contributed by atoms with E-state index in [0.717, 1.165) is 11.1 Å². The zero-order valence-electron chi connectivity index (χ0n) is 15.4. The molecule has 1 saturated heterocycles. The molecule has 2 heterocycles. The van der Waals surface area contributed by atoms with Gasteiger partial charge in [-0.25, -0.2) is 14.2 Å². The van der Waals surface area contributed by atoms with Gasteiger partial charge in [-0.2, -0.15) is 18.2 Å². The zero-order valence-corrected chi connectivity index (χ0v) is 15.4. The number of anilines is 1. The van der Waals surface area contributed by atoms with Crippen molar-refractivity contribution in [3.8, 4) is 6.01 Å². The van der Waals surface area contributed by atoms with Crippen molar-refractivity contribution < 1.29 is 36.6 Å². The fourth-order valence-electron chi connectivity index (χ4n) is 2.39. The van der Waals surface area contributed by atoms with E-state index in [2.05, 4.69) is 20.0 Å². The SMILES string of the molecule is CC(C)(C)OC(=O)N1C[C@H](F)C[C@H]1C(=O)Nc1ccnc(OCC(F)(F)F)n1. The number of likely N-dealkylation sites (tertiary alicyclic amines) is 1. The molecule has 0 aromatic carbocycles. The number of alkyl halides is 4. The summed E-state index contributed by atoms with van der Waals surface area (Å²) >= 11 is 0. The monoisotopic (exact) mass is 408 g/mol. The fourth-order valence-corrected chi connectivity index (χ4v) is 2.39. The maximum atomic E-state index is 13.8. The maximum absolute atomic E-state index is 13.8. The summed E-state index contributed by atoms with van der Waals surface area (Å²) in [5, 5.41) is 2.32. The molecule has 0 unspecified atom stereocenters. The van der Waals surface area contributed by atoms with E-state index < -0.39 is 48.6 Å². The van der Waals surface area contributed by atoms with Gasteiger partial charge in [0.15, 0.2) is 6.61 Å². The molecule has 0 radical (unpaired) electrons. The van der Waals surface area contributed by atoms with Crippen molar-refractivity contribution in [1.29, 1.82) is 0 Å². The summed E-state index contributed by atoms with van der Waals surface area (Å²) in [5.74, 6) is -0.907. The first-order valence-electron chi connectivity index (χ1n) is 8.31. The number of ether oxygens (including phenoxy) is 2. The quantitative estimate of drug-likeness (QED) is 0.770. The summed E-state index contributed by atoms with van der Waals surface area (Å²) in [4.78, 5) is 32.8. The Kier molecular flexibility index (Phi) is 6.30. The summed E-state index contributed by atoms with van der Waals surface area (Å²) in [6.45, 7) is 2.99. The molecule has 156 valence electrons. The van der Waals surface area contributed by atoms with E-state index in [4.69, 9.17) is 4.74 Å². The molecule has 1 aromatic heterocycles. The van der Waals surface area contributed by atoms with Crippen LogP contribution < -0.4 is 10.1 Å². The van der Waals surface area contributed by atoms with Gasteiger partial charge in [0.25, 0.3) is 0 Å². The van der Waals surface area contributed by atoms with Crippen LogP contribution in [0.2, 0.25) is 0 Å². The molecule has 1 aliphatic rings. The van der Waals surface area contributed by atoms with Crippen LogP contribution in [0, 0.1) is 0 Å². The van der Waals surface area contributed by atoms with E-state index in [1.54, 1.807) is 20.8 Å². The number of nitrogens with zero attached hydrogens (tertiary/aromatic N) is 3. The topological polar surface area (TPSA) is 93.7 Å². The van der Waals surface area contributed by atoms with Crippen LogP contribution in [0.4, 0.5) is 28.2 Å². The Bertz CT molecular complexity index is 723. The lowest BCUT2D eigenvalue weighted by Gasteiger charge is -2.27. The lowest BCUT2D eigenvalue weighted by Crippen LogP contribution is -2.45. The molecule has 1 aromatic rings. The van der Waals surface area contributed by atoms with E-state index in [1.165, 1.54) is 6.07 Å². The van der Waals surface area contributed by atoms with Gasteiger partial charge in [-0.15, -0.1) is 0 Å². The molecule has 0 aliphatic carbocycles. The van der Waals surface area contributed by atoms with Crippen molar-refractivity contribution in [2.45, 2.75) is 51.2 Å². The molecule has 2 rings (SSSR count). The third-order valence-corrected chi connectivity index (χ3v) is 3.43. The summed E-state index contributed by atoms with van der Waals surface area (Å²) in [5.41, 5.74) is -0.829. The number of hydrogen-bond acceptors (Lipinski definition) is 6. The van der Waals surface area contributed by atoms with Crippen molar-refractivity contribution in [3.05, 3.63) is 12.3 Å². The van der Waals surface area contributed by atoms with Gasteiger partial charge in [0, 0.05) is 12.6 Å². The molecule has 2 atom stereocenters. The molecule has 0 spiro atoms. The average molecular weight is 408 g/mol. The van der Waals surface area contributed by atoms with Crippen molar-refractivity contribution >= 4 is 17.8 Å². The predicted molar refractivity (Wildman–Crippen MR) is 88.5 cm³/mol. The Morgan fingerprint density at radius 1 is 1.32 bits per heavy atom. The van der Waals surface area contributed by atoms with Crippen molar-refractivity contribution in [2.24, 2.45) is 0 Å². The second kappa shape index (κ2) is 8.15. The van der Waals surface area contributed by atoms with E-state index >= 15 is 0 Å². The summed E-state index contributed by atoms with van der Waals surface area (Å²) < 4.78 is 60.0. The molecule has 0 saturated carbocycles. The smallest absolute Gasteiger partial charge is 0.422 e. The first-order valence-corrected chi connectivity index (χ1v) is 8.31. The maximum Gasteiger partial charge on any atom is 0.422 e. The average Bonchev–Trinajstić information content (AvgIpc) is 2.93. The van der Waals surface area contributed by atoms with Crippen molar-refractivity contribution in [1.82, 2.24) is 14.9 Å². The largest absolute Gasteiger partial charge is 0.454 e. The zero-order chi connectivity index (χ0) is 21.1. The number of aromatic nitrogens is 2. The van der Waals surface area contributed by atoms with Gasteiger partial charge >= 0.3 is 18.3 Å². The highest BCUT2D eigenvalue weighted by atomic mass is 19.4. The molecular formula is C16H20F4N4O4. The Hall–Kier alpha value is -2.66. The molecule has 12 heteroatoms. The molecule has 1 fully saturated rings. The van der Waals surface area contributed by atoms with Gasteiger partial charge < -0.3 is 14.8 Å². The van der Waals surface area contributed by atoms with Crippen LogP contribution in [-0.4, -0.2) is 64.0 Å². The number of rotatable bonds is 4. The van der Waals surface area contributed by atoms with E-state index in [0.29, 0.717) is 0 Å². The predicted octanol–water partition coefficient (Wildman–Crippen LogP) is 2.70. The van der Waals surface area contributed by atoms with Gasteiger partial charge in [0.2, 0.25) is 5.91 Å². The minimum Gasteiger partial charge on any atom is -0.454 e. The second-order valence-electron chi connectivity index (χ2n) is 7.10. The van der Waals surface area contributed by atoms with Gasteiger partial charge in [-0.3, -0.25) is 9.69 Å². The van der Waals surface area contributed by atoms with Crippen molar-refractivity contribution in [3.63, 3.8) is 0 Å². The van der Waals surface area contributed by atoms with E-state index in [1.807, 2.05) is 0 Å². The number of nitrogens with one attached hydrogen (secondary N) is 1. The normalized spacial score (nSPS) is 20.0. The molecule has 2 amide bonds. The molecule has 8 nitrogen and oxygen atoms in total. The number of carbonyl (C=O) groups excluding carboxylic acids is 2. The van der Waals surface area contributed by atoms with Crippen molar-refractivity contribution in [2.75, 3.05) is 18.5 Å². The highest BCUT2D eigenvalue weighted by molar-refractivity contribution is 5.96. The van der Waals surface area contributed by atoms with Gasteiger partial charge in [-0.05, 0) is 26.8 Å².